The number of hydrogen-bond donors (Lipinski definition) is 1. The van der Waals surface area contributed by atoms with Crippen molar-refractivity contribution in [2.24, 2.45) is 5.92 Å². The van der Waals surface area contributed by atoms with Gasteiger partial charge >= 0.3 is 0 Å². The normalized spacial score (nSPS) is 10.5. The fourth-order valence-corrected chi connectivity index (χ4v) is 1.58. The number of nitrogens with one attached hydrogen (secondary N) is 1. The van der Waals surface area contributed by atoms with Gasteiger partial charge < -0.3 is 10.1 Å². The number of nitrogens with zero attached hydrogens (tertiary/aromatic N) is 2. The average molecular weight is 257 g/mol. The Morgan fingerprint density at radius 3 is 2.74 bits per heavy atom. The summed E-state index contributed by atoms with van der Waals surface area (Å²) in [4.78, 5) is 7.98. The number of aromatic nitrogens is 2. The van der Waals surface area contributed by atoms with Crippen LogP contribution in [0.1, 0.15) is 19.4 Å². The third-order valence-electron chi connectivity index (χ3n) is 2.53. The van der Waals surface area contributed by atoms with Crippen molar-refractivity contribution in [3.8, 4) is 5.75 Å². The van der Waals surface area contributed by atoms with Crippen molar-refractivity contribution in [3.63, 3.8) is 0 Å². The zero-order valence-electron chi connectivity index (χ0n) is 11.3. The van der Waals surface area contributed by atoms with E-state index >= 15 is 0 Å². The lowest BCUT2D eigenvalue weighted by molar-refractivity contribution is 0.271. The molecule has 0 aliphatic heterocycles. The number of rotatable bonds is 6. The van der Waals surface area contributed by atoms with Crippen LogP contribution in [-0.4, -0.2) is 16.6 Å². The zero-order valence-corrected chi connectivity index (χ0v) is 11.3. The molecule has 0 unspecified atom stereocenters. The van der Waals surface area contributed by atoms with Crippen LogP contribution >= 0.6 is 0 Å². The standard InChI is InChI=1S/C15H19N3O/c1-12(2)10-19-15-5-3-4-14(6-15)18-9-13-7-16-11-17-8-13/h3-8,11-12,18H,9-10H2,1-2H3. The van der Waals surface area contributed by atoms with Crippen LogP contribution in [0, 0.1) is 5.92 Å². The molecule has 4 nitrogen and oxygen atoms in total. The van der Waals surface area contributed by atoms with E-state index in [1.807, 2.05) is 24.3 Å². The van der Waals surface area contributed by atoms with E-state index in [-0.39, 0.29) is 0 Å². The number of anilines is 1. The maximum atomic E-state index is 5.70. The van der Waals surface area contributed by atoms with Gasteiger partial charge in [-0.05, 0) is 18.1 Å². The Kier molecular flexibility index (Phi) is 4.72. The third kappa shape index (κ3) is 4.58. The van der Waals surface area contributed by atoms with Gasteiger partial charge in [-0.15, -0.1) is 0 Å². The molecule has 0 aliphatic carbocycles. The van der Waals surface area contributed by atoms with Crippen molar-refractivity contribution in [2.75, 3.05) is 11.9 Å². The van der Waals surface area contributed by atoms with E-state index in [0.717, 1.165) is 23.6 Å². The Bertz CT molecular complexity index is 500. The maximum absolute atomic E-state index is 5.70. The molecule has 0 atom stereocenters. The van der Waals surface area contributed by atoms with Crippen molar-refractivity contribution in [1.29, 1.82) is 0 Å². The predicted octanol–water partition coefficient (Wildman–Crippen LogP) is 3.12. The molecule has 0 saturated heterocycles. The first-order chi connectivity index (χ1) is 9.24. The molecule has 19 heavy (non-hydrogen) atoms. The molecule has 1 heterocycles. The van der Waals surface area contributed by atoms with Crippen LogP contribution in [0.25, 0.3) is 0 Å². The average Bonchev–Trinajstić information content (AvgIpc) is 2.44. The molecule has 0 fully saturated rings. The van der Waals surface area contributed by atoms with E-state index in [1.54, 1.807) is 12.4 Å². The molecule has 1 N–H and O–H groups in total. The van der Waals surface area contributed by atoms with Crippen LogP contribution in [0.5, 0.6) is 5.75 Å². The molecule has 0 amide bonds. The predicted molar refractivity (Wildman–Crippen MR) is 76.1 cm³/mol. The highest BCUT2D eigenvalue weighted by Gasteiger charge is 1.99. The topological polar surface area (TPSA) is 47.0 Å². The second kappa shape index (κ2) is 6.73. The Balaban J connectivity index is 1.91. The molecule has 0 radical (unpaired) electrons. The lowest BCUT2D eigenvalue weighted by Crippen LogP contribution is -2.05. The van der Waals surface area contributed by atoms with Gasteiger partial charge in [0.2, 0.25) is 0 Å². The summed E-state index contributed by atoms with van der Waals surface area (Å²) in [7, 11) is 0. The summed E-state index contributed by atoms with van der Waals surface area (Å²) < 4.78 is 5.70. The van der Waals surface area contributed by atoms with Gasteiger partial charge in [-0.3, -0.25) is 0 Å². The van der Waals surface area contributed by atoms with E-state index in [0.29, 0.717) is 12.5 Å². The molecule has 0 aliphatic rings. The third-order valence-corrected chi connectivity index (χ3v) is 2.53. The monoisotopic (exact) mass is 257 g/mol. The minimum Gasteiger partial charge on any atom is -0.493 e. The minimum absolute atomic E-state index is 0.526. The van der Waals surface area contributed by atoms with Crippen LogP contribution in [0.4, 0.5) is 5.69 Å². The zero-order chi connectivity index (χ0) is 13.5. The second-order valence-corrected chi connectivity index (χ2v) is 4.83. The SMILES string of the molecule is CC(C)COc1cccc(NCc2cncnc2)c1. The number of hydrogen-bond acceptors (Lipinski definition) is 4. The minimum atomic E-state index is 0.526. The Morgan fingerprint density at radius 2 is 2.00 bits per heavy atom. The Morgan fingerprint density at radius 1 is 1.21 bits per heavy atom. The van der Waals surface area contributed by atoms with Crippen LogP contribution in [0.2, 0.25) is 0 Å². The number of ether oxygens (including phenoxy) is 1. The van der Waals surface area contributed by atoms with Crippen molar-refractivity contribution >= 4 is 5.69 Å². The Labute approximate surface area is 113 Å². The van der Waals surface area contributed by atoms with Gasteiger partial charge in [-0.25, -0.2) is 9.97 Å². The summed E-state index contributed by atoms with van der Waals surface area (Å²) in [5.74, 6) is 1.42. The van der Waals surface area contributed by atoms with Crippen molar-refractivity contribution < 1.29 is 4.74 Å². The summed E-state index contributed by atoms with van der Waals surface area (Å²) in [6.07, 6.45) is 5.14. The molecular formula is C15H19N3O. The lowest BCUT2D eigenvalue weighted by Gasteiger charge is -2.11. The van der Waals surface area contributed by atoms with E-state index in [1.165, 1.54) is 6.33 Å². The quantitative estimate of drug-likeness (QED) is 0.863. The van der Waals surface area contributed by atoms with Gasteiger partial charge in [0.1, 0.15) is 12.1 Å². The van der Waals surface area contributed by atoms with Gasteiger partial charge in [0.25, 0.3) is 0 Å². The first-order valence-corrected chi connectivity index (χ1v) is 6.44. The highest BCUT2D eigenvalue weighted by Crippen LogP contribution is 2.18. The van der Waals surface area contributed by atoms with Crippen LogP contribution in [-0.2, 0) is 6.54 Å². The molecular weight excluding hydrogens is 238 g/mol. The maximum Gasteiger partial charge on any atom is 0.121 e. The lowest BCUT2D eigenvalue weighted by atomic mass is 10.2. The van der Waals surface area contributed by atoms with Crippen molar-refractivity contribution in [3.05, 3.63) is 48.5 Å². The fourth-order valence-electron chi connectivity index (χ4n) is 1.58. The summed E-state index contributed by atoms with van der Waals surface area (Å²) in [6.45, 7) is 5.71. The smallest absolute Gasteiger partial charge is 0.121 e. The molecule has 0 spiro atoms. The molecule has 4 heteroatoms. The molecule has 1 aromatic carbocycles. The fraction of sp³-hybridized carbons (Fsp3) is 0.333. The highest BCUT2D eigenvalue weighted by atomic mass is 16.5. The van der Waals surface area contributed by atoms with E-state index in [9.17, 15) is 0 Å². The van der Waals surface area contributed by atoms with E-state index in [4.69, 9.17) is 4.74 Å². The molecule has 2 rings (SSSR count). The molecule has 100 valence electrons. The largest absolute Gasteiger partial charge is 0.493 e. The van der Waals surface area contributed by atoms with Gasteiger partial charge in [-0.1, -0.05) is 19.9 Å². The molecule has 0 saturated carbocycles. The van der Waals surface area contributed by atoms with Crippen LogP contribution in [0.3, 0.4) is 0 Å². The summed E-state index contributed by atoms with van der Waals surface area (Å²) in [6, 6.07) is 7.98. The van der Waals surface area contributed by atoms with Gasteiger partial charge in [0.15, 0.2) is 0 Å². The van der Waals surface area contributed by atoms with Crippen LogP contribution < -0.4 is 10.1 Å². The molecule has 1 aromatic heterocycles. The first kappa shape index (κ1) is 13.3. The summed E-state index contributed by atoms with van der Waals surface area (Å²) in [5, 5.41) is 3.33. The molecule has 2 aromatic rings. The molecule has 0 bridgehead atoms. The van der Waals surface area contributed by atoms with Crippen molar-refractivity contribution in [1.82, 2.24) is 9.97 Å². The first-order valence-electron chi connectivity index (χ1n) is 6.44. The van der Waals surface area contributed by atoms with Crippen molar-refractivity contribution in [2.45, 2.75) is 20.4 Å². The van der Waals surface area contributed by atoms with Gasteiger partial charge in [0.05, 0.1) is 6.61 Å². The summed E-state index contributed by atoms with van der Waals surface area (Å²) in [5.41, 5.74) is 2.08. The number of benzene rings is 1. The van der Waals surface area contributed by atoms with Crippen LogP contribution in [0.15, 0.2) is 43.0 Å². The summed E-state index contributed by atoms with van der Waals surface area (Å²) >= 11 is 0. The van der Waals surface area contributed by atoms with E-state index < -0.39 is 0 Å². The van der Waals surface area contributed by atoms with E-state index in [2.05, 4.69) is 29.1 Å². The van der Waals surface area contributed by atoms with Gasteiger partial charge in [-0.2, -0.15) is 0 Å². The van der Waals surface area contributed by atoms with Gasteiger partial charge in [0, 0.05) is 36.3 Å². The second-order valence-electron chi connectivity index (χ2n) is 4.83. The Hall–Kier alpha value is -2.10. The highest BCUT2D eigenvalue weighted by molar-refractivity contribution is 5.48.